The van der Waals surface area contributed by atoms with Crippen LogP contribution in [0.5, 0.6) is 5.75 Å². The van der Waals surface area contributed by atoms with Crippen LogP contribution in [0.4, 0.5) is 5.69 Å². The third-order valence-electron chi connectivity index (χ3n) is 3.54. The second kappa shape index (κ2) is 5.40. The molecule has 0 heterocycles. The van der Waals surface area contributed by atoms with E-state index in [0.29, 0.717) is 12.1 Å². The lowest BCUT2D eigenvalue weighted by molar-refractivity contribution is -0.117. The summed E-state index contributed by atoms with van der Waals surface area (Å²) in [5.41, 5.74) is 6.31. The minimum atomic E-state index is -0.368. The Labute approximate surface area is 107 Å². The van der Waals surface area contributed by atoms with E-state index in [2.05, 4.69) is 5.32 Å². The van der Waals surface area contributed by atoms with Crippen molar-refractivity contribution in [3.63, 3.8) is 0 Å². The molecule has 1 saturated carbocycles. The number of carbonyl (C=O) groups excluding carboxylic acids is 1. The molecule has 4 N–H and O–H groups in total. The number of nitrogens with two attached hydrogens (primary N) is 1. The van der Waals surface area contributed by atoms with Gasteiger partial charge in [-0.05, 0) is 25.0 Å². The van der Waals surface area contributed by atoms with E-state index >= 15 is 0 Å². The van der Waals surface area contributed by atoms with Gasteiger partial charge in [-0.15, -0.1) is 0 Å². The lowest BCUT2D eigenvalue weighted by Crippen LogP contribution is -2.44. The van der Waals surface area contributed by atoms with Gasteiger partial charge in [-0.2, -0.15) is 0 Å². The molecule has 0 aromatic heterocycles. The molecule has 2 rings (SSSR count). The van der Waals surface area contributed by atoms with Gasteiger partial charge in [0, 0.05) is 12.0 Å². The van der Waals surface area contributed by atoms with Crippen LogP contribution in [0.25, 0.3) is 0 Å². The highest BCUT2D eigenvalue weighted by molar-refractivity contribution is 5.92. The van der Waals surface area contributed by atoms with Gasteiger partial charge in [0.2, 0.25) is 5.91 Å². The molecule has 0 unspecified atom stereocenters. The number of amides is 1. The van der Waals surface area contributed by atoms with Crippen LogP contribution in [-0.2, 0) is 4.79 Å². The van der Waals surface area contributed by atoms with Gasteiger partial charge in [0.05, 0.1) is 5.69 Å². The lowest BCUT2D eigenvalue weighted by Gasteiger charge is -2.32. The van der Waals surface area contributed by atoms with E-state index in [1.807, 2.05) is 0 Å². The number of rotatable bonds is 3. The van der Waals surface area contributed by atoms with E-state index in [1.165, 1.54) is 6.42 Å². The molecule has 18 heavy (non-hydrogen) atoms. The molecule has 1 aliphatic rings. The van der Waals surface area contributed by atoms with E-state index < -0.39 is 0 Å². The normalized spacial score (nSPS) is 18.3. The fraction of sp³-hybridized carbons (Fsp3) is 0.500. The van der Waals surface area contributed by atoms with Gasteiger partial charge >= 0.3 is 0 Å². The molecule has 0 bridgehead atoms. The van der Waals surface area contributed by atoms with E-state index in [0.717, 1.165) is 25.7 Å². The first-order valence-electron chi connectivity index (χ1n) is 6.46. The van der Waals surface area contributed by atoms with Crippen LogP contribution in [-0.4, -0.2) is 16.6 Å². The van der Waals surface area contributed by atoms with Crippen LogP contribution < -0.4 is 11.1 Å². The molecule has 0 aliphatic heterocycles. The van der Waals surface area contributed by atoms with E-state index in [1.54, 1.807) is 24.3 Å². The maximum atomic E-state index is 11.9. The van der Waals surface area contributed by atoms with Gasteiger partial charge in [-0.25, -0.2) is 0 Å². The summed E-state index contributed by atoms with van der Waals surface area (Å²) in [4.78, 5) is 11.9. The molecule has 1 aromatic rings. The molecule has 1 aliphatic carbocycles. The molecule has 0 atom stereocenters. The van der Waals surface area contributed by atoms with Crippen molar-refractivity contribution in [2.75, 3.05) is 5.32 Å². The molecule has 1 fully saturated rings. The van der Waals surface area contributed by atoms with Gasteiger partial charge in [-0.3, -0.25) is 4.79 Å². The maximum Gasteiger partial charge on any atom is 0.226 e. The first kappa shape index (κ1) is 12.9. The van der Waals surface area contributed by atoms with Gasteiger partial charge in [0.1, 0.15) is 5.75 Å². The summed E-state index contributed by atoms with van der Waals surface area (Å²) in [6.45, 7) is 0. The molecule has 0 radical (unpaired) electrons. The topological polar surface area (TPSA) is 75.4 Å². The number of hydrogen-bond donors (Lipinski definition) is 3. The van der Waals surface area contributed by atoms with E-state index in [-0.39, 0.29) is 17.2 Å². The summed E-state index contributed by atoms with van der Waals surface area (Å²) in [7, 11) is 0. The van der Waals surface area contributed by atoms with Crippen LogP contribution in [0.2, 0.25) is 0 Å². The molecular weight excluding hydrogens is 228 g/mol. The van der Waals surface area contributed by atoms with Gasteiger partial charge in [0.25, 0.3) is 0 Å². The minimum Gasteiger partial charge on any atom is -0.506 e. The van der Waals surface area contributed by atoms with Crippen molar-refractivity contribution in [1.29, 1.82) is 0 Å². The van der Waals surface area contributed by atoms with Crippen molar-refractivity contribution in [3.8, 4) is 5.75 Å². The third kappa shape index (κ3) is 3.23. The summed E-state index contributed by atoms with van der Waals surface area (Å²) in [6, 6.07) is 6.72. The molecule has 98 valence electrons. The predicted molar refractivity (Wildman–Crippen MR) is 71.4 cm³/mol. The first-order chi connectivity index (χ1) is 8.59. The summed E-state index contributed by atoms with van der Waals surface area (Å²) < 4.78 is 0. The number of hydrogen-bond acceptors (Lipinski definition) is 3. The number of phenolic OH excluding ortho intramolecular Hbond substituents is 1. The van der Waals surface area contributed by atoms with Crippen molar-refractivity contribution in [2.24, 2.45) is 5.73 Å². The molecule has 4 heteroatoms. The summed E-state index contributed by atoms with van der Waals surface area (Å²) in [5.74, 6) is -0.0403. The Morgan fingerprint density at radius 2 is 1.94 bits per heavy atom. The Morgan fingerprint density at radius 3 is 2.61 bits per heavy atom. The van der Waals surface area contributed by atoms with Crippen LogP contribution in [0.3, 0.4) is 0 Å². The molecule has 1 aromatic carbocycles. The number of nitrogens with one attached hydrogen (secondary N) is 1. The average molecular weight is 248 g/mol. The van der Waals surface area contributed by atoms with Crippen molar-refractivity contribution in [3.05, 3.63) is 24.3 Å². The van der Waals surface area contributed by atoms with Gasteiger partial charge < -0.3 is 16.2 Å². The zero-order valence-electron chi connectivity index (χ0n) is 10.5. The van der Waals surface area contributed by atoms with E-state index in [4.69, 9.17) is 5.73 Å². The average Bonchev–Trinajstić information content (AvgIpc) is 2.32. The van der Waals surface area contributed by atoms with Gasteiger partial charge in [-0.1, -0.05) is 31.4 Å². The largest absolute Gasteiger partial charge is 0.506 e. The number of benzene rings is 1. The van der Waals surface area contributed by atoms with Crippen molar-refractivity contribution in [1.82, 2.24) is 0 Å². The quantitative estimate of drug-likeness (QED) is 0.719. The summed E-state index contributed by atoms with van der Waals surface area (Å²) in [6.07, 6.45) is 5.53. The van der Waals surface area contributed by atoms with Crippen LogP contribution in [0.15, 0.2) is 24.3 Å². The van der Waals surface area contributed by atoms with Crippen molar-refractivity contribution >= 4 is 11.6 Å². The minimum absolute atomic E-state index is 0.0839. The summed E-state index contributed by atoms with van der Waals surface area (Å²) in [5, 5.41) is 12.3. The van der Waals surface area contributed by atoms with Gasteiger partial charge in [0.15, 0.2) is 0 Å². The Bertz CT molecular complexity index is 426. The Morgan fingerprint density at radius 1 is 1.28 bits per heavy atom. The van der Waals surface area contributed by atoms with Crippen LogP contribution in [0, 0.1) is 0 Å². The standard InChI is InChI=1S/C14H20N2O2/c15-14(8-4-1-5-9-14)10-13(18)16-11-6-2-3-7-12(11)17/h2-3,6-7,17H,1,4-5,8-10,15H2,(H,16,18). The van der Waals surface area contributed by atoms with Crippen LogP contribution >= 0.6 is 0 Å². The number of phenols is 1. The zero-order valence-corrected chi connectivity index (χ0v) is 10.5. The number of para-hydroxylation sites is 2. The highest BCUT2D eigenvalue weighted by atomic mass is 16.3. The Hall–Kier alpha value is -1.55. The maximum absolute atomic E-state index is 11.9. The first-order valence-corrected chi connectivity index (χ1v) is 6.46. The second-order valence-corrected chi connectivity index (χ2v) is 5.17. The number of carbonyl (C=O) groups is 1. The molecule has 1 amide bonds. The molecule has 0 saturated heterocycles. The van der Waals surface area contributed by atoms with Crippen molar-refractivity contribution in [2.45, 2.75) is 44.1 Å². The molecule has 4 nitrogen and oxygen atoms in total. The highest BCUT2D eigenvalue weighted by Crippen LogP contribution is 2.29. The number of anilines is 1. The Kier molecular flexibility index (Phi) is 3.87. The fourth-order valence-electron chi connectivity index (χ4n) is 2.53. The zero-order chi connectivity index (χ0) is 13.0. The second-order valence-electron chi connectivity index (χ2n) is 5.17. The highest BCUT2D eigenvalue weighted by Gasteiger charge is 2.30. The molecule has 0 spiro atoms. The smallest absolute Gasteiger partial charge is 0.226 e. The Balaban J connectivity index is 1.94. The predicted octanol–water partition coefficient (Wildman–Crippen LogP) is 2.38. The monoisotopic (exact) mass is 248 g/mol. The third-order valence-corrected chi connectivity index (χ3v) is 3.54. The fourth-order valence-corrected chi connectivity index (χ4v) is 2.53. The van der Waals surface area contributed by atoms with Crippen molar-refractivity contribution < 1.29 is 9.90 Å². The van der Waals surface area contributed by atoms with E-state index in [9.17, 15) is 9.90 Å². The summed E-state index contributed by atoms with van der Waals surface area (Å²) >= 11 is 0. The van der Waals surface area contributed by atoms with Crippen LogP contribution in [0.1, 0.15) is 38.5 Å². The lowest BCUT2D eigenvalue weighted by atomic mass is 9.80. The molecular formula is C14H20N2O2. The number of aromatic hydroxyl groups is 1. The SMILES string of the molecule is NC1(CC(=O)Nc2ccccc2O)CCCCC1.